The summed E-state index contributed by atoms with van der Waals surface area (Å²) in [5.41, 5.74) is 3.06. The maximum Gasteiger partial charge on any atom is 0.191 e. The highest BCUT2D eigenvalue weighted by molar-refractivity contribution is 5.79. The van der Waals surface area contributed by atoms with Gasteiger partial charge in [-0.2, -0.15) is 0 Å². The summed E-state index contributed by atoms with van der Waals surface area (Å²) in [6.45, 7) is 3.14. The molecular formula is C23H24N6O. The summed E-state index contributed by atoms with van der Waals surface area (Å²) < 4.78 is 8.03. The van der Waals surface area contributed by atoms with Gasteiger partial charge in [0.25, 0.3) is 0 Å². The molecule has 2 aromatic heterocycles. The minimum Gasteiger partial charge on any atom is -0.457 e. The minimum absolute atomic E-state index is 0.506. The second kappa shape index (κ2) is 9.09. The molecule has 2 heterocycles. The molecule has 7 heteroatoms. The topological polar surface area (TPSA) is 75.8 Å². The number of benzene rings is 2. The van der Waals surface area contributed by atoms with Crippen LogP contribution in [0.5, 0.6) is 11.5 Å². The molecule has 2 aromatic carbocycles. The van der Waals surface area contributed by atoms with Gasteiger partial charge < -0.3 is 15.4 Å². The number of aryl methyl sites for hydroxylation is 1. The maximum atomic E-state index is 6.08. The number of nitrogens with zero attached hydrogens (tertiary/aromatic N) is 4. The summed E-state index contributed by atoms with van der Waals surface area (Å²) >= 11 is 0. The van der Waals surface area contributed by atoms with Gasteiger partial charge in [-0.25, -0.2) is 0 Å². The Hall–Kier alpha value is -3.87. The highest BCUT2D eigenvalue weighted by Gasteiger charge is 2.08. The molecule has 0 aliphatic heterocycles. The van der Waals surface area contributed by atoms with E-state index in [0.717, 1.165) is 28.5 Å². The molecule has 4 aromatic rings. The van der Waals surface area contributed by atoms with Gasteiger partial charge in [-0.15, -0.1) is 10.2 Å². The first kappa shape index (κ1) is 19.4. The maximum absolute atomic E-state index is 6.08. The number of hydrogen-bond acceptors (Lipinski definition) is 4. The molecule has 0 unspecified atom stereocenters. The molecule has 0 saturated carbocycles. The number of fused-ring (bicyclic) bond motifs is 1. The Morgan fingerprint density at radius 1 is 0.933 bits per heavy atom. The van der Waals surface area contributed by atoms with Crippen LogP contribution in [0.1, 0.15) is 17.0 Å². The quantitative estimate of drug-likeness (QED) is 0.381. The van der Waals surface area contributed by atoms with Crippen LogP contribution in [0.3, 0.4) is 0 Å². The molecule has 7 nitrogen and oxygen atoms in total. The van der Waals surface area contributed by atoms with E-state index in [9.17, 15) is 0 Å². The lowest BCUT2D eigenvalue weighted by atomic mass is 10.2. The lowest BCUT2D eigenvalue weighted by Crippen LogP contribution is -2.36. The Morgan fingerprint density at radius 3 is 2.53 bits per heavy atom. The fourth-order valence-corrected chi connectivity index (χ4v) is 3.06. The summed E-state index contributed by atoms with van der Waals surface area (Å²) in [5, 5.41) is 15.0. The second-order valence-electron chi connectivity index (χ2n) is 6.85. The van der Waals surface area contributed by atoms with Crippen molar-refractivity contribution < 1.29 is 4.74 Å². The molecule has 0 spiro atoms. The van der Waals surface area contributed by atoms with Crippen LogP contribution in [0.15, 0.2) is 77.9 Å². The lowest BCUT2D eigenvalue weighted by Gasteiger charge is -2.14. The Labute approximate surface area is 175 Å². The smallest absolute Gasteiger partial charge is 0.191 e. The first-order valence-electron chi connectivity index (χ1n) is 9.78. The van der Waals surface area contributed by atoms with Gasteiger partial charge in [-0.1, -0.05) is 42.0 Å². The van der Waals surface area contributed by atoms with E-state index in [1.807, 2.05) is 77.3 Å². The van der Waals surface area contributed by atoms with Gasteiger partial charge in [-0.3, -0.25) is 9.39 Å². The van der Waals surface area contributed by atoms with E-state index < -0.39 is 0 Å². The predicted molar refractivity (Wildman–Crippen MR) is 118 cm³/mol. The van der Waals surface area contributed by atoms with Gasteiger partial charge in [0.05, 0.1) is 6.54 Å². The molecular weight excluding hydrogens is 376 g/mol. The van der Waals surface area contributed by atoms with E-state index in [1.54, 1.807) is 7.05 Å². The second-order valence-corrected chi connectivity index (χ2v) is 6.85. The number of aromatic nitrogens is 3. The summed E-state index contributed by atoms with van der Waals surface area (Å²) in [6, 6.07) is 21.8. The zero-order valence-electron chi connectivity index (χ0n) is 17.0. The van der Waals surface area contributed by atoms with E-state index in [2.05, 4.69) is 32.7 Å². The van der Waals surface area contributed by atoms with Gasteiger partial charge >= 0.3 is 0 Å². The molecule has 0 saturated heterocycles. The molecule has 0 aliphatic rings. The van der Waals surface area contributed by atoms with Crippen molar-refractivity contribution in [3.05, 3.63) is 89.9 Å². The van der Waals surface area contributed by atoms with Crippen LogP contribution in [0.4, 0.5) is 0 Å². The van der Waals surface area contributed by atoms with Gasteiger partial charge in [0.2, 0.25) is 0 Å². The fraction of sp³-hybridized carbons (Fsp3) is 0.174. The molecule has 30 heavy (non-hydrogen) atoms. The van der Waals surface area contributed by atoms with Gasteiger partial charge in [-0.05, 0) is 37.3 Å². The SMILES string of the molecule is CN=C(NCc1ccccc1Oc1ccc(C)cc1)NCc1nnc2ccccn12. The summed E-state index contributed by atoms with van der Waals surface area (Å²) in [6.07, 6.45) is 1.95. The van der Waals surface area contributed by atoms with Crippen LogP contribution in [0.2, 0.25) is 0 Å². The van der Waals surface area contributed by atoms with Crippen LogP contribution in [-0.2, 0) is 13.1 Å². The van der Waals surface area contributed by atoms with Crippen molar-refractivity contribution >= 4 is 11.6 Å². The average molecular weight is 400 g/mol. The van der Waals surface area contributed by atoms with E-state index in [4.69, 9.17) is 4.74 Å². The van der Waals surface area contributed by atoms with E-state index in [1.165, 1.54) is 5.56 Å². The highest BCUT2D eigenvalue weighted by Crippen LogP contribution is 2.25. The number of hydrogen-bond donors (Lipinski definition) is 2. The Morgan fingerprint density at radius 2 is 1.70 bits per heavy atom. The van der Waals surface area contributed by atoms with Crippen molar-refractivity contribution in [2.75, 3.05) is 7.05 Å². The minimum atomic E-state index is 0.506. The van der Waals surface area contributed by atoms with E-state index >= 15 is 0 Å². The molecule has 0 atom stereocenters. The lowest BCUT2D eigenvalue weighted by molar-refractivity contribution is 0.475. The Balaban J connectivity index is 1.39. The number of aliphatic imine (C=N–C) groups is 1. The van der Waals surface area contributed by atoms with Crippen LogP contribution in [0, 0.1) is 6.92 Å². The van der Waals surface area contributed by atoms with Crippen molar-refractivity contribution in [3.63, 3.8) is 0 Å². The van der Waals surface area contributed by atoms with Gasteiger partial charge in [0.1, 0.15) is 11.5 Å². The van der Waals surface area contributed by atoms with Gasteiger partial charge in [0.15, 0.2) is 17.4 Å². The first-order valence-corrected chi connectivity index (χ1v) is 9.78. The zero-order valence-corrected chi connectivity index (χ0v) is 17.0. The van der Waals surface area contributed by atoms with E-state index in [-0.39, 0.29) is 0 Å². The zero-order chi connectivity index (χ0) is 20.8. The highest BCUT2D eigenvalue weighted by atomic mass is 16.5. The monoisotopic (exact) mass is 400 g/mol. The van der Waals surface area contributed by atoms with Crippen LogP contribution in [-0.4, -0.2) is 27.6 Å². The van der Waals surface area contributed by atoms with E-state index in [0.29, 0.717) is 19.0 Å². The molecule has 0 fully saturated rings. The molecule has 4 rings (SSSR count). The molecule has 0 amide bonds. The van der Waals surface area contributed by atoms with Crippen LogP contribution in [0.25, 0.3) is 5.65 Å². The number of pyridine rings is 1. The van der Waals surface area contributed by atoms with Crippen molar-refractivity contribution in [3.8, 4) is 11.5 Å². The number of ether oxygens (including phenoxy) is 1. The third-order valence-electron chi connectivity index (χ3n) is 4.69. The third-order valence-corrected chi connectivity index (χ3v) is 4.69. The molecule has 2 N–H and O–H groups in total. The number of guanidine groups is 1. The number of para-hydroxylation sites is 1. The van der Waals surface area contributed by atoms with Crippen molar-refractivity contribution in [1.82, 2.24) is 25.2 Å². The first-order chi connectivity index (χ1) is 14.7. The summed E-state index contributed by atoms with van der Waals surface area (Å²) in [7, 11) is 1.74. The molecule has 152 valence electrons. The normalized spacial score (nSPS) is 11.5. The van der Waals surface area contributed by atoms with Crippen molar-refractivity contribution in [1.29, 1.82) is 0 Å². The fourth-order valence-electron chi connectivity index (χ4n) is 3.06. The molecule has 0 radical (unpaired) electrons. The molecule has 0 aliphatic carbocycles. The predicted octanol–water partition coefficient (Wildman–Crippen LogP) is 3.70. The van der Waals surface area contributed by atoms with Gasteiger partial charge in [0, 0.05) is 25.4 Å². The van der Waals surface area contributed by atoms with Crippen molar-refractivity contribution in [2.24, 2.45) is 4.99 Å². The third kappa shape index (κ3) is 4.57. The number of rotatable bonds is 6. The Kier molecular flexibility index (Phi) is 5.89. The van der Waals surface area contributed by atoms with Crippen molar-refractivity contribution in [2.45, 2.75) is 20.0 Å². The molecule has 0 bridgehead atoms. The van der Waals surface area contributed by atoms with Crippen LogP contribution >= 0.6 is 0 Å². The summed E-state index contributed by atoms with van der Waals surface area (Å²) in [4.78, 5) is 4.30. The van der Waals surface area contributed by atoms with Crippen LogP contribution < -0.4 is 15.4 Å². The number of nitrogens with one attached hydrogen (secondary N) is 2. The summed E-state index contributed by atoms with van der Waals surface area (Å²) in [5.74, 6) is 3.12. The largest absolute Gasteiger partial charge is 0.457 e. The average Bonchev–Trinajstić information content (AvgIpc) is 3.19. The standard InChI is InChI=1S/C23H24N6O/c1-17-10-12-19(13-11-17)30-20-8-4-3-7-18(20)15-25-23(24-2)26-16-22-28-27-21-9-5-6-14-29(21)22/h3-14H,15-16H2,1-2H3,(H2,24,25,26). The Bertz CT molecular complexity index is 1150.